The Kier molecular flexibility index (Phi) is 6.30. The predicted octanol–water partition coefficient (Wildman–Crippen LogP) is 5.46. The monoisotopic (exact) mass is 454 g/mol. The molecule has 2 heterocycles. The summed E-state index contributed by atoms with van der Waals surface area (Å²) < 4.78 is 46.5. The number of anilines is 1. The van der Waals surface area contributed by atoms with Crippen LogP contribution in [-0.4, -0.2) is 15.0 Å². The summed E-state index contributed by atoms with van der Waals surface area (Å²) in [6.45, 7) is 3.47. The maximum Gasteiger partial charge on any atom is 0.291 e. The Hall–Kier alpha value is -3.88. The summed E-state index contributed by atoms with van der Waals surface area (Å²) in [4.78, 5) is 23.8. The van der Waals surface area contributed by atoms with Crippen LogP contribution in [0.1, 0.15) is 41.9 Å². The molecule has 2 aromatic carbocycles. The number of alkyl halides is 2. The fourth-order valence-electron chi connectivity index (χ4n) is 3.49. The molecule has 0 aliphatic carbocycles. The summed E-state index contributed by atoms with van der Waals surface area (Å²) in [6.07, 6.45) is -2.92. The lowest BCUT2D eigenvalue weighted by Crippen LogP contribution is -2.15. The van der Waals surface area contributed by atoms with Gasteiger partial charge in [-0.1, -0.05) is 48.5 Å². The van der Waals surface area contributed by atoms with E-state index in [1.807, 2.05) is 30.3 Å². The lowest BCUT2D eigenvalue weighted by molar-refractivity contribution is 0.146. The van der Waals surface area contributed by atoms with Gasteiger partial charge in [-0.15, -0.1) is 0 Å². The van der Waals surface area contributed by atoms with Crippen molar-refractivity contribution in [3.8, 4) is 5.75 Å². The van der Waals surface area contributed by atoms with Crippen LogP contribution in [-0.2, 0) is 6.61 Å². The number of benzene rings is 2. The first-order valence-corrected chi connectivity index (χ1v) is 10.2. The molecule has 2 N–H and O–H groups in total. The number of rotatable bonds is 7. The van der Waals surface area contributed by atoms with Crippen molar-refractivity contribution in [1.29, 1.82) is 0 Å². The maximum absolute atomic E-state index is 14.6. The van der Waals surface area contributed by atoms with Gasteiger partial charge in [-0.25, -0.2) is 23.1 Å². The van der Waals surface area contributed by atoms with Gasteiger partial charge in [0.05, 0.1) is 17.0 Å². The number of ether oxygens (including phenoxy) is 1. The Bertz CT molecular complexity index is 1340. The molecule has 2 aromatic heterocycles. The van der Waals surface area contributed by atoms with Crippen LogP contribution in [0.2, 0.25) is 0 Å². The van der Waals surface area contributed by atoms with Crippen molar-refractivity contribution in [2.24, 2.45) is 0 Å². The zero-order valence-electron chi connectivity index (χ0n) is 17.9. The lowest BCUT2D eigenvalue weighted by atomic mass is 10.0. The first kappa shape index (κ1) is 22.3. The summed E-state index contributed by atoms with van der Waals surface area (Å²) in [6, 6.07) is 14.1. The van der Waals surface area contributed by atoms with Gasteiger partial charge < -0.3 is 15.0 Å². The van der Waals surface area contributed by atoms with Crippen LogP contribution in [0.15, 0.2) is 59.4 Å². The first-order chi connectivity index (χ1) is 15.8. The third-order valence-electron chi connectivity index (χ3n) is 5.14. The SMILES string of the molecule is Cc1nc(N[C@H](C)c2cccc(C(F)F)c2F)c2cc(OCc3ccccc3)c(=O)[nH]c2n1. The van der Waals surface area contributed by atoms with E-state index in [0.29, 0.717) is 17.0 Å². The molecule has 4 rings (SSSR count). The topological polar surface area (TPSA) is 79.9 Å². The minimum atomic E-state index is -2.92. The molecular formula is C24H21F3N4O2. The molecule has 0 radical (unpaired) electrons. The molecule has 0 amide bonds. The van der Waals surface area contributed by atoms with E-state index in [1.165, 1.54) is 18.2 Å². The smallest absolute Gasteiger partial charge is 0.291 e. The van der Waals surface area contributed by atoms with Crippen LogP contribution >= 0.6 is 0 Å². The predicted molar refractivity (Wildman–Crippen MR) is 119 cm³/mol. The van der Waals surface area contributed by atoms with E-state index in [-0.39, 0.29) is 23.6 Å². The number of hydrogen-bond donors (Lipinski definition) is 2. The minimum Gasteiger partial charge on any atom is -0.483 e. The number of H-pyrrole nitrogens is 1. The van der Waals surface area contributed by atoms with Crippen molar-refractivity contribution >= 4 is 16.9 Å². The van der Waals surface area contributed by atoms with Gasteiger partial charge in [0.1, 0.15) is 29.7 Å². The zero-order chi connectivity index (χ0) is 23.5. The number of fused-ring (bicyclic) bond motifs is 1. The van der Waals surface area contributed by atoms with Gasteiger partial charge in [0.15, 0.2) is 5.75 Å². The summed E-state index contributed by atoms with van der Waals surface area (Å²) in [5, 5.41) is 3.50. The second kappa shape index (κ2) is 9.32. The number of aromatic amines is 1. The van der Waals surface area contributed by atoms with Crippen LogP contribution in [0.25, 0.3) is 11.0 Å². The van der Waals surface area contributed by atoms with Crippen molar-refractivity contribution in [2.45, 2.75) is 32.9 Å². The number of aromatic nitrogens is 3. The molecule has 1 atom stereocenters. The molecule has 9 heteroatoms. The standard InChI is InChI=1S/C24H21F3N4O2/c1-13(16-9-6-10-17(20(16)25)21(26)27)28-22-18-11-19(33-12-15-7-4-3-5-8-15)24(32)31-23(18)30-14(2)29-22/h3-11,13,21H,12H2,1-2H3,(H2,28,29,30,31,32)/t13-/m1/s1. The van der Waals surface area contributed by atoms with Gasteiger partial charge in [0, 0.05) is 11.6 Å². The van der Waals surface area contributed by atoms with Crippen molar-refractivity contribution in [1.82, 2.24) is 15.0 Å². The maximum atomic E-state index is 14.6. The minimum absolute atomic E-state index is 0.0698. The van der Waals surface area contributed by atoms with Crippen molar-refractivity contribution in [2.75, 3.05) is 5.32 Å². The third kappa shape index (κ3) is 4.82. The highest BCUT2D eigenvalue weighted by molar-refractivity contribution is 5.87. The van der Waals surface area contributed by atoms with Crippen molar-refractivity contribution in [3.05, 3.63) is 93.3 Å². The van der Waals surface area contributed by atoms with Crippen LogP contribution in [0, 0.1) is 12.7 Å². The summed E-state index contributed by atoms with van der Waals surface area (Å²) >= 11 is 0. The van der Waals surface area contributed by atoms with Crippen molar-refractivity contribution < 1.29 is 17.9 Å². The highest BCUT2D eigenvalue weighted by atomic mass is 19.3. The van der Waals surface area contributed by atoms with Crippen LogP contribution in [0.3, 0.4) is 0 Å². The van der Waals surface area contributed by atoms with E-state index in [1.54, 1.807) is 13.8 Å². The van der Waals surface area contributed by atoms with E-state index in [9.17, 15) is 18.0 Å². The third-order valence-corrected chi connectivity index (χ3v) is 5.14. The molecule has 170 valence electrons. The average molecular weight is 454 g/mol. The fourth-order valence-corrected chi connectivity index (χ4v) is 3.49. The van der Waals surface area contributed by atoms with E-state index in [0.717, 1.165) is 11.6 Å². The molecule has 0 aliphatic heterocycles. The number of nitrogens with one attached hydrogen (secondary N) is 2. The molecular weight excluding hydrogens is 433 g/mol. The highest BCUT2D eigenvalue weighted by Crippen LogP contribution is 2.30. The summed E-state index contributed by atoms with van der Waals surface area (Å²) in [7, 11) is 0. The van der Waals surface area contributed by atoms with Crippen LogP contribution in [0.5, 0.6) is 5.75 Å². The van der Waals surface area contributed by atoms with Gasteiger partial charge in [-0.3, -0.25) is 4.79 Å². The number of nitrogens with zero attached hydrogens (tertiary/aromatic N) is 2. The molecule has 33 heavy (non-hydrogen) atoms. The van der Waals surface area contributed by atoms with E-state index in [4.69, 9.17) is 4.74 Å². The second-order valence-corrected chi connectivity index (χ2v) is 7.54. The molecule has 0 saturated carbocycles. The first-order valence-electron chi connectivity index (χ1n) is 10.2. The van der Waals surface area contributed by atoms with E-state index < -0.39 is 29.4 Å². The average Bonchev–Trinajstić information content (AvgIpc) is 2.78. The molecule has 0 bridgehead atoms. The fraction of sp³-hybridized carbons (Fsp3) is 0.208. The quantitative estimate of drug-likeness (QED) is 0.388. The van der Waals surface area contributed by atoms with Crippen LogP contribution < -0.4 is 15.6 Å². The lowest BCUT2D eigenvalue weighted by Gasteiger charge is -2.18. The number of pyridine rings is 1. The zero-order valence-corrected chi connectivity index (χ0v) is 17.9. The van der Waals surface area contributed by atoms with Gasteiger partial charge >= 0.3 is 0 Å². The Balaban J connectivity index is 1.68. The Morgan fingerprint density at radius 2 is 1.79 bits per heavy atom. The molecule has 4 aromatic rings. The number of aryl methyl sites for hydroxylation is 1. The van der Waals surface area contributed by atoms with Gasteiger partial charge in [0.25, 0.3) is 12.0 Å². The van der Waals surface area contributed by atoms with Gasteiger partial charge in [0.2, 0.25) is 0 Å². The normalized spacial score (nSPS) is 12.2. The Labute approximate surface area is 187 Å². The summed E-state index contributed by atoms with van der Waals surface area (Å²) in [5.74, 6) is -0.219. The highest BCUT2D eigenvalue weighted by Gasteiger charge is 2.21. The molecule has 6 nitrogen and oxygen atoms in total. The molecule has 0 saturated heterocycles. The summed E-state index contributed by atoms with van der Waals surface area (Å²) in [5.41, 5.74) is 0.119. The van der Waals surface area contributed by atoms with E-state index in [2.05, 4.69) is 20.3 Å². The molecule has 0 aliphatic rings. The molecule has 0 fully saturated rings. The Morgan fingerprint density at radius 3 is 2.52 bits per heavy atom. The van der Waals surface area contributed by atoms with E-state index >= 15 is 0 Å². The van der Waals surface area contributed by atoms with Gasteiger partial charge in [-0.2, -0.15) is 0 Å². The second-order valence-electron chi connectivity index (χ2n) is 7.54. The Morgan fingerprint density at radius 1 is 1.06 bits per heavy atom. The van der Waals surface area contributed by atoms with Crippen molar-refractivity contribution in [3.63, 3.8) is 0 Å². The molecule has 0 unspecified atom stereocenters. The number of hydrogen-bond acceptors (Lipinski definition) is 5. The number of halogens is 3. The van der Waals surface area contributed by atoms with Gasteiger partial charge in [-0.05, 0) is 19.4 Å². The molecule has 0 spiro atoms. The van der Waals surface area contributed by atoms with Crippen LogP contribution in [0.4, 0.5) is 19.0 Å². The largest absolute Gasteiger partial charge is 0.483 e.